The molecular weight excluding hydrogens is 224 g/mol. The number of nitrogens with zero attached hydrogens (tertiary/aromatic N) is 1. The van der Waals surface area contributed by atoms with E-state index in [2.05, 4.69) is 5.32 Å². The van der Waals surface area contributed by atoms with Crippen molar-refractivity contribution in [2.45, 2.75) is 13.3 Å². The van der Waals surface area contributed by atoms with Gasteiger partial charge in [-0.1, -0.05) is 11.6 Å². The second-order valence-corrected chi connectivity index (χ2v) is 3.91. The van der Waals surface area contributed by atoms with Gasteiger partial charge in [0.2, 0.25) is 0 Å². The molecule has 0 saturated carbocycles. The molecule has 16 heavy (non-hydrogen) atoms. The van der Waals surface area contributed by atoms with Crippen molar-refractivity contribution >= 4 is 11.6 Å². The van der Waals surface area contributed by atoms with Gasteiger partial charge in [-0.25, -0.2) is 0 Å². The first-order chi connectivity index (χ1) is 7.69. The van der Waals surface area contributed by atoms with Crippen molar-refractivity contribution < 1.29 is 4.74 Å². The number of aryl methyl sites for hydroxylation is 1. The third-order valence-corrected chi connectivity index (χ3v) is 2.74. The average Bonchev–Trinajstić information content (AvgIpc) is 2.28. The van der Waals surface area contributed by atoms with Gasteiger partial charge >= 0.3 is 0 Å². The molecule has 0 aliphatic heterocycles. The highest BCUT2D eigenvalue weighted by molar-refractivity contribution is 6.31. The van der Waals surface area contributed by atoms with Gasteiger partial charge in [0, 0.05) is 11.6 Å². The van der Waals surface area contributed by atoms with Crippen LogP contribution in [0.2, 0.25) is 5.02 Å². The molecule has 0 aliphatic carbocycles. The Bertz CT molecular complexity index is 399. The van der Waals surface area contributed by atoms with Crippen molar-refractivity contribution in [1.82, 2.24) is 5.32 Å². The fourth-order valence-corrected chi connectivity index (χ4v) is 1.64. The standard InChI is InChI=1S/C12H15ClN2O/c1-9-7-12(16-2)10(8-11(9)13)3-5-15-6-4-14/h7-8,15H,3,5-6H2,1-2H3. The summed E-state index contributed by atoms with van der Waals surface area (Å²) in [6.45, 7) is 3.05. The van der Waals surface area contributed by atoms with Crippen molar-refractivity contribution in [1.29, 1.82) is 5.26 Å². The van der Waals surface area contributed by atoms with Gasteiger partial charge in [0.05, 0.1) is 19.7 Å². The van der Waals surface area contributed by atoms with E-state index in [0.717, 1.165) is 34.9 Å². The largest absolute Gasteiger partial charge is 0.496 e. The van der Waals surface area contributed by atoms with Crippen LogP contribution in [0.15, 0.2) is 12.1 Å². The van der Waals surface area contributed by atoms with Gasteiger partial charge in [-0.15, -0.1) is 0 Å². The molecule has 1 rings (SSSR count). The number of halogens is 1. The molecule has 0 aromatic heterocycles. The van der Waals surface area contributed by atoms with Crippen LogP contribution < -0.4 is 10.1 Å². The molecule has 0 saturated heterocycles. The molecular formula is C12H15ClN2O. The van der Waals surface area contributed by atoms with E-state index in [0.29, 0.717) is 6.54 Å². The fraction of sp³-hybridized carbons (Fsp3) is 0.417. The molecule has 4 heteroatoms. The Hall–Kier alpha value is -1.24. The molecule has 0 aliphatic rings. The minimum absolute atomic E-state index is 0.363. The Morgan fingerprint density at radius 1 is 1.50 bits per heavy atom. The number of ether oxygens (including phenoxy) is 1. The monoisotopic (exact) mass is 238 g/mol. The minimum atomic E-state index is 0.363. The van der Waals surface area contributed by atoms with Crippen molar-refractivity contribution in [3.63, 3.8) is 0 Å². The first kappa shape index (κ1) is 12.8. The summed E-state index contributed by atoms with van der Waals surface area (Å²) < 4.78 is 5.29. The van der Waals surface area contributed by atoms with Gasteiger partial charge < -0.3 is 10.1 Å². The Morgan fingerprint density at radius 2 is 2.25 bits per heavy atom. The first-order valence-corrected chi connectivity index (χ1v) is 5.47. The van der Waals surface area contributed by atoms with Crippen LogP contribution in [0, 0.1) is 18.3 Å². The predicted molar refractivity (Wildman–Crippen MR) is 64.9 cm³/mol. The van der Waals surface area contributed by atoms with Crippen LogP contribution in [0.5, 0.6) is 5.75 Å². The fourth-order valence-electron chi connectivity index (χ4n) is 1.45. The summed E-state index contributed by atoms with van der Waals surface area (Å²) in [7, 11) is 1.65. The molecule has 0 fully saturated rings. The predicted octanol–water partition coefficient (Wildman–Crippen LogP) is 2.31. The normalized spacial score (nSPS) is 9.88. The highest BCUT2D eigenvalue weighted by Crippen LogP contribution is 2.26. The number of nitrogens with one attached hydrogen (secondary N) is 1. The van der Waals surface area contributed by atoms with Crippen LogP contribution in [-0.2, 0) is 6.42 Å². The Kier molecular flexibility index (Phi) is 5.10. The van der Waals surface area contributed by atoms with E-state index in [4.69, 9.17) is 21.6 Å². The zero-order valence-electron chi connectivity index (χ0n) is 9.51. The maximum absolute atomic E-state index is 8.39. The van der Waals surface area contributed by atoms with Crippen LogP contribution in [0.25, 0.3) is 0 Å². The number of benzene rings is 1. The van der Waals surface area contributed by atoms with Gasteiger partial charge in [-0.2, -0.15) is 5.26 Å². The van der Waals surface area contributed by atoms with Crippen LogP contribution in [-0.4, -0.2) is 20.2 Å². The molecule has 0 spiro atoms. The highest BCUT2D eigenvalue weighted by Gasteiger charge is 2.06. The first-order valence-electron chi connectivity index (χ1n) is 5.09. The number of methoxy groups -OCH3 is 1. The van der Waals surface area contributed by atoms with E-state index >= 15 is 0 Å². The van der Waals surface area contributed by atoms with E-state index in [-0.39, 0.29) is 0 Å². The number of hydrogen-bond donors (Lipinski definition) is 1. The van der Waals surface area contributed by atoms with Crippen molar-refractivity contribution in [2.75, 3.05) is 20.2 Å². The SMILES string of the molecule is COc1cc(C)c(Cl)cc1CCNCC#N. The maximum atomic E-state index is 8.39. The summed E-state index contributed by atoms with van der Waals surface area (Å²) in [4.78, 5) is 0. The minimum Gasteiger partial charge on any atom is -0.496 e. The lowest BCUT2D eigenvalue weighted by atomic mass is 10.1. The molecule has 0 radical (unpaired) electrons. The topological polar surface area (TPSA) is 45.0 Å². The van der Waals surface area contributed by atoms with Crippen LogP contribution in [0.3, 0.4) is 0 Å². The zero-order valence-corrected chi connectivity index (χ0v) is 10.3. The van der Waals surface area contributed by atoms with Crippen LogP contribution >= 0.6 is 11.6 Å². The maximum Gasteiger partial charge on any atom is 0.122 e. The third-order valence-electron chi connectivity index (χ3n) is 2.34. The summed E-state index contributed by atoms with van der Waals surface area (Å²) in [5, 5.41) is 12.1. The molecule has 1 aromatic carbocycles. The van der Waals surface area contributed by atoms with Crippen LogP contribution in [0.1, 0.15) is 11.1 Å². The lowest BCUT2D eigenvalue weighted by Gasteiger charge is -2.10. The Balaban J connectivity index is 2.71. The summed E-state index contributed by atoms with van der Waals surface area (Å²) >= 11 is 6.05. The number of rotatable bonds is 5. The highest BCUT2D eigenvalue weighted by atomic mass is 35.5. The summed E-state index contributed by atoms with van der Waals surface area (Å²) in [5.74, 6) is 0.848. The van der Waals surface area contributed by atoms with Crippen molar-refractivity contribution in [2.24, 2.45) is 0 Å². The van der Waals surface area contributed by atoms with E-state index < -0.39 is 0 Å². The Labute approximate surface area is 101 Å². The molecule has 0 amide bonds. The lowest BCUT2D eigenvalue weighted by Crippen LogP contribution is -2.17. The van der Waals surface area contributed by atoms with Gasteiger partial charge in [0.1, 0.15) is 5.75 Å². The molecule has 1 aromatic rings. The summed E-state index contributed by atoms with van der Waals surface area (Å²) in [6.07, 6.45) is 0.796. The Morgan fingerprint density at radius 3 is 2.88 bits per heavy atom. The zero-order chi connectivity index (χ0) is 12.0. The molecule has 3 nitrogen and oxygen atoms in total. The van der Waals surface area contributed by atoms with Gasteiger partial charge in [-0.05, 0) is 36.6 Å². The number of nitriles is 1. The molecule has 0 unspecified atom stereocenters. The molecule has 86 valence electrons. The van der Waals surface area contributed by atoms with Crippen molar-refractivity contribution in [3.05, 3.63) is 28.3 Å². The molecule has 0 atom stereocenters. The van der Waals surface area contributed by atoms with E-state index in [9.17, 15) is 0 Å². The lowest BCUT2D eigenvalue weighted by molar-refractivity contribution is 0.409. The molecule has 0 heterocycles. The van der Waals surface area contributed by atoms with Crippen molar-refractivity contribution in [3.8, 4) is 11.8 Å². The quantitative estimate of drug-likeness (QED) is 0.633. The van der Waals surface area contributed by atoms with Gasteiger partial charge in [-0.3, -0.25) is 0 Å². The summed E-state index contributed by atoms with van der Waals surface area (Å²) in [5.41, 5.74) is 2.07. The van der Waals surface area contributed by atoms with E-state index in [1.54, 1.807) is 7.11 Å². The summed E-state index contributed by atoms with van der Waals surface area (Å²) in [6, 6.07) is 5.89. The van der Waals surface area contributed by atoms with E-state index in [1.807, 2.05) is 25.1 Å². The third kappa shape index (κ3) is 3.41. The average molecular weight is 239 g/mol. The molecule has 0 bridgehead atoms. The second kappa shape index (κ2) is 6.37. The van der Waals surface area contributed by atoms with Gasteiger partial charge in [0.25, 0.3) is 0 Å². The second-order valence-electron chi connectivity index (χ2n) is 3.50. The smallest absolute Gasteiger partial charge is 0.122 e. The van der Waals surface area contributed by atoms with Crippen LogP contribution in [0.4, 0.5) is 0 Å². The van der Waals surface area contributed by atoms with Gasteiger partial charge in [0.15, 0.2) is 0 Å². The number of hydrogen-bond acceptors (Lipinski definition) is 3. The molecule has 1 N–H and O–H groups in total. The van der Waals surface area contributed by atoms with E-state index in [1.165, 1.54) is 0 Å².